The van der Waals surface area contributed by atoms with Crippen LogP contribution in [-0.2, 0) is 22.5 Å². The number of aromatic nitrogens is 5. The topological polar surface area (TPSA) is 118 Å². The number of hydrogen-bond donors (Lipinski definition) is 2. The Morgan fingerprint density at radius 3 is 2.79 bits per heavy atom. The van der Waals surface area contributed by atoms with Crippen LogP contribution in [0.3, 0.4) is 0 Å². The Kier molecular flexibility index (Phi) is 5.91. The number of carbonyl (C=O) groups excluding carboxylic acids is 2. The van der Waals surface area contributed by atoms with Crippen LogP contribution in [0.4, 0.5) is 5.82 Å². The minimum absolute atomic E-state index is 0.0279. The van der Waals surface area contributed by atoms with Gasteiger partial charge >= 0.3 is 0 Å². The van der Waals surface area contributed by atoms with Crippen LogP contribution in [0.1, 0.15) is 52.9 Å². The number of hydrogen-bond acceptors (Lipinski definition) is 6. The van der Waals surface area contributed by atoms with Gasteiger partial charge in [0.15, 0.2) is 0 Å². The van der Waals surface area contributed by atoms with Gasteiger partial charge in [-0.1, -0.05) is 30.3 Å². The van der Waals surface area contributed by atoms with Gasteiger partial charge in [-0.15, -0.1) is 5.10 Å². The molecule has 2 aliphatic rings. The maximum absolute atomic E-state index is 13.1. The van der Waals surface area contributed by atoms with E-state index in [1.54, 1.807) is 11.9 Å². The lowest BCUT2D eigenvalue weighted by molar-refractivity contribution is -0.120. The van der Waals surface area contributed by atoms with Gasteiger partial charge in [-0.25, -0.2) is 9.67 Å². The minimum atomic E-state index is -0.674. The fourth-order valence-electron chi connectivity index (χ4n) is 4.40. The summed E-state index contributed by atoms with van der Waals surface area (Å²) in [5.74, 6) is 1.08. The minimum Gasteiger partial charge on any atom is -0.381 e. The summed E-state index contributed by atoms with van der Waals surface area (Å²) in [4.78, 5) is 31.7. The molecule has 1 fully saturated rings. The molecule has 5 rings (SSSR count). The van der Waals surface area contributed by atoms with E-state index in [4.69, 9.17) is 9.84 Å². The second kappa shape index (κ2) is 9.14. The zero-order valence-electron chi connectivity index (χ0n) is 18.5. The first-order valence-electron chi connectivity index (χ1n) is 11.3. The lowest BCUT2D eigenvalue weighted by Crippen LogP contribution is -2.47. The van der Waals surface area contributed by atoms with Crippen LogP contribution in [0.15, 0.2) is 36.4 Å². The van der Waals surface area contributed by atoms with Gasteiger partial charge in [0.05, 0.1) is 5.69 Å². The zero-order chi connectivity index (χ0) is 22.8. The molecule has 0 spiro atoms. The van der Waals surface area contributed by atoms with Gasteiger partial charge in [0.25, 0.3) is 11.8 Å². The largest absolute Gasteiger partial charge is 0.381 e. The van der Waals surface area contributed by atoms with Crippen molar-refractivity contribution in [1.82, 2.24) is 30.3 Å². The highest BCUT2D eigenvalue weighted by Gasteiger charge is 2.32. The van der Waals surface area contributed by atoms with Crippen LogP contribution in [0, 0.1) is 0 Å². The molecule has 0 bridgehead atoms. The maximum atomic E-state index is 13.1. The Bertz CT molecular complexity index is 1130. The number of H-pyrrole nitrogens is 1. The van der Waals surface area contributed by atoms with Crippen LogP contribution in [0.2, 0.25) is 0 Å². The van der Waals surface area contributed by atoms with Gasteiger partial charge in [-0.2, -0.15) is 5.10 Å². The lowest BCUT2D eigenvalue weighted by atomic mass is 9.97. The van der Waals surface area contributed by atoms with E-state index in [0.717, 1.165) is 43.1 Å². The van der Waals surface area contributed by atoms with Gasteiger partial charge in [0, 0.05) is 45.2 Å². The molecule has 2 aromatic heterocycles. The third-order valence-corrected chi connectivity index (χ3v) is 6.27. The normalized spacial score (nSPS) is 19.2. The molecule has 0 saturated carbocycles. The van der Waals surface area contributed by atoms with Gasteiger partial charge in [-0.3, -0.25) is 19.6 Å². The van der Waals surface area contributed by atoms with Crippen molar-refractivity contribution in [2.24, 2.45) is 0 Å². The number of amides is 2. The van der Waals surface area contributed by atoms with Gasteiger partial charge in [0.2, 0.25) is 5.82 Å². The van der Waals surface area contributed by atoms with Crippen molar-refractivity contribution in [1.29, 1.82) is 0 Å². The Morgan fingerprint density at radius 1 is 1.21 bits per heavy atom. The number of fused-ring (bicyclic) bond motifs is 1. The number of rotatable bonds is 5. The van der Waals surface area contributed by atoms with E-state index < -0.39 is 11.9 Å². The molecule has 2 aliphatic heterocycles. The van der Waals surface area contributed by atoms with E-state index in [2.05, 4.69) is 20.5 Å². The van der Waals surface area contributed by atoms with Gasteiger partial charge in [-0.05, 0) is 24.8 Å². The van der Waals surface area contributed by atoms with E-state index >= 15 is 0 Å². The summed E-state index contributed by atoms with van der Waals surface area (Å²) in [6, 6.07) is 11.1. The highest BCUT2D eigenvalue weighted by molar-refractivity contribution is 6.00. The molecule has 1 atom stereocenters. The van der Waals surface area contributed by atoms with Crippen LogP contribution >= 0.6 is 0 Å². The monoisotopic (exact) mass is 449 g/mol. The van der Waals surface area contributed by atoms with Gasteiger partial charge < -0.3 is 10.1 Å². The van der Waals surface area contributed by atoms with Crippen LogP contribution in [-0.4, -0.2) is 63.1 Å². The predicted octanol–water partition coefficient (Wildman–Crippen LogP) is 1.65. The lowest BCUT2D eigenvalue weighted by Gasteiger charge is -2.21. The molecule has 1 unspecified atom stereocenters. The second-order valence-electron chi connectivity index (χ2n) is 8.52. The van der Waals surface area contributed by atoms with Crippen molar-refractivity contribution in [3.63, 3.8) is 0 Å². The molecule has 2 amide bonds. The average molecular weight is 450 g/mol. The number of ether oxygens (including phenoxy) is 1. The average Bonchev–Trinajstić information content (AvgIpc) is 3.47. The third-order valence-electron chi connectivity index (χ3n) is 6.27. The molecule has 1 saturated heterocycles. The van der Waals surface area contributed by atoms with Crippen molar-refractivity contribution in [2.75, 3.05) is 25.2 Å². The Labute approximate surface area is 191 Å². The third kappa shape index (κ3) is 4.51. The standard InChI is InChI=1S/C23H27N7O3/c1-29-20-14-18(16-8-11-33-12-9-16)28-30(20)10-7-17(23(29)32)24-22(31)21-25-19(26-27-21)13-15-5-3-2-4-6-15/h2-6,14,16-17H,7-13H2,1H3,(H,24,31)(H,25,26,27). The first-order valence-corrected chi connectivity index (χ1v) is 11.3. The number of aryl methyl sites for hydroxylation is 1. The number of nitrogens with one attached hydrogen (secondary N) is 2. The Morgan fingerprint density at radius 2 is 2.00 bits per heavy atom. The highest BCUT2D eigenvalue weighted by Crippen LogP contribution is 2.30. The summed E-state index contributed by atoms with van der Waals surface area (Å²) in [6.45, 7) is 2.01. The molecule has 0 aliphatic carbocycles. The van der Waals surface area contributed by atoms with Crippen molar-refractivity contribution in [3.8, 4) is 0 Å². The summed E-state index contributed by atoms with van der Waals surface area (Å²) in [5.41, 5.74) is 2.07. The molecule has 2 N–H and O–H groups in total. The Hall–Kier alpha value is -3.53. The summed E-state index contributed by atoms with van der Waals surface area (Å²) in [7, 11) is 1.72. The number of nitrogens with zero attached hydrogens (tertiary/aromatic N) is 5. The zero-order valence-corrected chi connectivity index (χ0v) is 18.5. The molecule has 0 radical (unpaired) electrons. The predicted molar refractivity (Wildman–Crippen MR) is 120 cm³/mol. The Balaban J connectivity index is 1.24. The molecule has 3 aromatic rings. The van der Waals surface area contributed by atoms with Crippen molar-refractivity contribution >= 4 is 17.6 Å². The number of likely N-dealkylation sites (N-methyl/N-ethyl adjacent to an activating group) is 1. The number of benzene rings is 1. The van der Waals surface area contributed by atoms with E-state index in [-0.39, 0.29) is 11.7 Å². The van der Waals surface area contributed by atoms with Crippen LogP contribution in [0.5, 0.6) is 0 Å². The van der Waals surface area contributed by atoms with Crippen LogP contribution in [0.25, 0.3) is 0 Å². The summed E-state index contributed by atoms with van der Waals surface area (Å²) >= 11 is 0. The summed E-state index contributed by atoms with van der Waals surface area (Å²) < 4.78 is 7.31. The molecule has 172 valence electrons. The summed E-state index contributed by atoms with van der Waals surface area (Å²) in [5, 5.41) is 14.4. The molecular formula is C23H27N7O3. The van der Waals surface area contributed by atoms with Gasteiger partial charge in [0.1, 0.15) is 17.7 Å². The molecule has 33 heavy (non-hydrogen) atoms. The van der Waals surface area contributed by atoms with E-state index in [1.807, 2.05) is 41.1 Å². The van der Waals surface area contributed by atoms with E-state index in [0.29, 0.717) is 31.1 Å². The smallest absolute Gasteiger partial charge is 0.291 e. The van der Waals surface area contributed by atoms with Crippen molar-refractivity contribution in [2.45, 2.75) is 44.2 Å². The second-order valence-corrected chi connectivity index (χ2v) is 8.52. The van der Waals surface area contributed by atoms with Crippen LogP contribution < -0.4 is 10.2 Å². The fourth-order valence-corrected chi connectivity index (χ4v) is 4.40. The number of anilines is 1. The van der Waals surface area contributed by atoms with Crippen molar-refractivity contribution < 1.29 is 14.3 Å². The SMILES string of the molecule is CN1C(=O)C(NC(=O)c2n[nH]c(Cc3ccccc3)n2)CCn2nc(C3CCOCC3)cc21. The van der Waals surface area contributed by atoms with E-state index in [9.17, 15) is 9.59 Å². The highest BCUT2D eigenvalue weighted by atomic mass is 16.5. The van der Waals surface area contributed by atoms with Crippen molar-refractivity contribution in [3.05, 3.63) is 59.3 Å². The van der Waals surface area contributed by atoms with E-state index in [1.165, 1.54) is 0 Å². The fraction of sp³-hybridized carbons (Fsp3) is 0.435. The first-order chi connectivity index (χ1) is 16.1. The number of carbonyl (C=O) groups is 2. The molecule has 1 aromatic carbocycles. The number of aromatic amines is 1. The maximum Gasteiger partial charge on any atom is 0.291 e. The molecule has 10 nitrogen and oxygen atoms in total. The molecule has 4 heterocycles. The summed E-state index contributed by atoms with van der Waals surface area (Å²) in [6.07, 6.45) is 2.87. The quantitative estimate of drug-likeness (QED) is 0.612. The first kappa shape index (κ1) is 21.3. The molecular weight excluding hydrogens is 422 g/mol. The molecule has 10 heteroatoms.